The van der Waals surface area contributed by atoms with Crippen LogP contribution in [-0.4, -0.2) is 23.8 Å². The number of aryl methyl sites for hydroxylation is 3. The Hall–Kier alpha value is -2.99. The number of hydrogen-bond donors (Lipinski definition) is 1. The summed E-state index contributed by atoms with van der Waals surface area (Å²) in [4.78, 5) is 17.5. The first-order chi connectivity index (χ1) is 14.7. The Morgan fingerprint density at radius 2 is 1.53 bits per heavy atom. The second-order valence-electron chi connectivity index (χ2n) is 8.40. The van der Waals surface area contributed by atoms with E-state index in [4.69, 9.17) is 9.47 Å². The Labute approximate surface area is 195 Å². The normalized spacial score (nSPS) is 16.5. The van der Waals surface area contributed by atoms with E-state index in [9.17, 15) is 4.79 Å². The zero-order chi connectivity index (χ0) is 22.4. The van der Waals surface area contributed by atoms with Gasteiger partial charge in [0.25, 0.3) is 0 Å². The highest BCUT2D eigenvalue weighted by Crippen LogP contribution is 2.46. The summed E-state index contributed by atoms with van der Waals surface area (Å²) in [6.07, 6.45) is 0. The van der Waals surface area contributed by atoms with Gasteiger partial charge in [-0.1, -0.05) is 24.6 Å². The van der Waals surface area contributed by atoms with Crippen LogP contribution in [0.3, 0.4) is 0 Å². The molecule has 4 rings (SSSR count). The van der Waals surface area contributed by atoms with Gasteiger partial charge in [0.2, 0.25) is 0 Å². The van der Waals surface area contributed by atoms with Crippen molar-refractivity contribution in [3.05, 3.63) is 63.1 Å². The fourth-order valence-corrected chi connectivity index (χ4v) is 4.64. The van der Waals surface area contributed by atoms with Crippen LogP contribution in [0.15, 0.2) is 35.1 Å². The molecule has 2 atom stereocenters. The monoisotopic (exact) mass is 455 g/mol. The van der Waals surface area contributed by atoms with Crippen molar-refractivity contribution in [3.63, 3.8) is 0 Å². The van der Waals surface area contributed by atoms with Crippen LogP contribution in [0.2, 0.25) is 0 Å². The van der Waals surface area contributed by atoms with Gasteiger partial charge in [-0.15, -0.1) is 12.4 Å². The van der Waals surface area contributed by atoms with Crippen molar-refractivity contribution in [2.24, 2.45) is 0 Å². The first-order valence-corrected chi connectivity index (χ1v) is 10.5. The van der Waals surface area contributed by atoms with Gasteiger partial charge in [-0.25, -0.2) is 4.79 Å². The van der Waals surface area contributed by atoms with Gasteiger partial charge in [0.15, 0.2) is 11.5 Å². The molecule has 0 bridgehead atoms. The number of nitrogens with zero attached hydrogens (tertiary/aromatic N) is 2. The number of benzene rings is 2. The largest absolute Gasteiger partial charge is 0.493 e. The molecular formula is C25H30ClN3O3. The summed E-state index contributed by atoms with van der Waals surface area (Å²) in [6.45, 7) is 10.4. The van der Waals surface area contributed by atoms with E-state index in [2.05, 4.69) is 57.1 Å². The number of nitrogens with one attached hydrogen (secondary N) is 1. The minimum absolute atomic E-state index is 0. The Balaban J connectivity index is 0.00000289. The predicted molar refractivity (Wildman–Crippen MR) is 131 cm³/mol. The second kappa shape index (κ2) is 8.87. The van der Waals surface area contributed by atoms with Gasteiger partial charge >= 0.3 is 5.69 Å². The summed E-state index contributed by atoms with van der Waals surface area (Å²) in [7, 11) is 3.26. The van der Waals surface area contributed by atoms with Crippen molar-refractivity contribution >= 4 is 23.9 Å². The molecule has 0 spiro atoms. The molecule has 0 fully saturated rings. The fourth-order valence-electron chi connectivity index (χ4n) is 4.64. The topological polar surface area (TPSA) is 65.4 Å². The van der Waals surface area contributed by atoms with Gasteiger partial charge in [0.1, 0.15) is 5.82 Å². The third-order valence-electron chi connectivity index (χ3n) is 6.34. The van der Waals surface area contributed by atoms with E-state index < -0.39 is 0 Å². The maximum atomic E-state index is 13.1. The first kappa shape index (κ1) is 23.7. The molecule has 0 radical (unpaired) electrons. The highest BCUT2D eigenvalue weighted by molar-refractivity contribution is 5.85. The van der Waals surface area contributed by atoms with E-state index in [0.29, 0.717) is 17.3 Å². The van der Waals surface area contributed by atoms with Gasteiger partial charge in [0.05, 0.1) is 19.9 Å². The SMILES string of the molecule is COc1cc2c(cc1OC)C(C)C(C)n1c-2cc(Nc2c(C)cc(C)cc2C)nc1=O.Cl. The van der Waals surface area contributed by atoms with Crippen LogP contribution in [0, 0.1) is 20.8 Å². The number of ether oxygens (including phenoxy) is 2. The van der Waals surface area contributed by atoms with E-state index in [1.807, 2.05) is 18.2 Å². The maximum absolute atomic E-state index is 13.1. The Morgan fingerprint density at radius 1 is 0.938 bits per heavy atom. The van der Waals surface area contributed by atoms with Crippen molar-refractivity contribution in [1.82, 2.24) is 9.55 Å². The number of hydrogen-bond acceptors (Lipinski definition) is 5. The summed E-state index contributed by atoms with van der Waals surface area (Å²) < 4.78 is 12.8. The average molecular weight is 456 g/mol. The van der Waals surface area contributed by atoms with Gasteiger partial charge in [-0.2, -0.15) is 4.98 Å². The van der Waals surface area contributed by atoms with Gasteiger partial charge < -0.3 is 14.8 Å². The standard InChI is InChI=1S/C25H29N3O3.ClH/c1-13-8-14(2)24(15(3)9-13)26-23-12-20-19-11-22(31-7)21(30-6)10-18(19)16(4)17(5)28(20)25(29)27-23;/h8-12,16-17H,1-7H3,(H,26,27,29);1H. The van der Waals surface area contributed by atoms with E-state index in [0.717, 1.165) is 33.6 Å². The molecule has 0 saturated carbocycles. The molecule has 1 aliphatic heterocycles. The number of methoxy groups -OCH3 is 2. The lowest BCUT2D eigenvalue weighted by molar-refractivity contribution is 0.352. The molecule has 170 valence electrons. The molecule has 6 nitrogen and oxygen atoms in total. The summed E-state index contributed by atoms with van der Waals surface area (Å²) in [5, 5.41) is 3.39. The molecule has 2 heterocycles. The van der Waals surface area contributed by atoms with E-state index in [-0.39, 0.29) is 30.1 Å². The molecular weight excluding hydrogens is 426 g/mol. The molecule has 2 aromatic carbocycles. The average Bonchev–Trinajstić information content (AvgIpc) is 2.73. The quantitative estimate of drug-likeness (QED) is 0.546. The molecule has 7 heteroatoms. The Kier molecular flexibility index (Phi) is 6.56. The minimum atomic E-state index is -0.262. The van der Waals surface area contributed by atoms with Crippen LogP contribution < -0.4 is 20.5 Å². The van der Waals surface area contributed by atoms with Crippen LogP contribution in [0.1, 0.15) is 48.1 Å². The van der Waals surface area contributed by atoms with E-state index in [1.54, 1.807) is 18.8 Å². The number of anilines is 2. The van der Waals surface area contributed by atoms with Gasteiger partial charge in [-0.05, 0) is 56.5 Å². The van der Waals surface area contributed by atoms with Crippen LogP contribution in [0.5, 0.6) is 11.5 Å². The number of rotatable bonds is 4. The summed E-state index contributed by atoms with van der Waals surface area (Å²) in [6, 6.07) is 10.1. The zero-order valence-corrected chi connectivity index (χ0v) is 20.4. The van der Waals surface area contributed by atoms with Crippen LogP contribution in [-0.2, 0) is 0 Å². The van der Waals surface area contributed by atoms with E-state index >= 15 is 0 Å². The third-order valence-corrected chi connectivity index (χ3v) is 6.34. The molecule has 3 aromatic rings. The molecule has 1 aromatic heterocycles. The highest BCUT2D eigenvalue weighted by atomic mass is 35.5. The highest BCUT2D eigenvalue weighted by Gasteiger charge is 2.31. The molecule has 0 saturated heterocycles. The second-order valence-corrected chi connectivity index (χ2v) is 8.40. The van der Waals surface area contributed by atoms with Crippen molar-refractivity contribution in [2.45, 2.75) is 46.6 Å². The van der Waals surface area contributed by atoms with Gasteiger partial charge in [-0.3, -0.25) is 4.57 Å². The molecule has 32 heavy (non-hydrogen) atoms. The third kappa shape index (κ3) is 3.84. The van der Waals surface area contributed by atoms with Crippen LogP contribution in [0.25, 0.3) is 11.3 Å². The predicted octanol–water partition coefficient (Wildman–Crippen LogP) is 5.70. The maximum Gasteiger partial charge on any atom is 0.350 e. The lowest BCUT2D eigenvalue weighted by atomic mass is 9.84. The van der Waals surface area contributed by atoms with Crippen LogP contribution >= 0.6 is 12.4 Å². The molecule has 0 aliphatic carbocycles. The fraction of sp³-hybridized carbons (Fsp3) is 0.360. The number of aromatic nitrogens is 2. The molecule has 1 aliphatic rings. The van der Waals surface area contributed by atoms with Crippen molar-refractivity contribution in [1.29, 1.82) is 0 Å². The van der Waals surface area contributed by atoms with E-state index in [1.165, 1.54) is 5.56 Å². The lowest BCUT2D eigenvalue weighted by Gasteiger charge is -2.33. The molecule has 1 N–H and O–H groups in total. The van der Waals surface area contributed by atoms with Crippen molar-refractivity contribution < 1.29 is 9.47 Å². The van der Waals surface area contributed by atoms with Crippen LogP contribution in [0.4, 0.5) is 11.5 Å². The summed E-state index contributed by atoms with van der Waals surface area (Å²) >= 11 is 0. The summed E-state index contributed by atoms with van der Waals surface area (Å²) in [5.41, 5.74) is 7.07. The van der Waals surface area contributed by atoms with Gasteiger partial charge in [0, 0.05) is 29.3 Å². The first-order valence-electron chi connectivity index (χ1n) is 10.5. The zero-order valence-electron chi connectivity index (χ0n) is 19.6. The van der Waals surface area contributed by atoms with Crippen molar-refractivity contribution in [2.75, 3.05) is 19.5 Å². The van der Waals surface area contributed by atoms with Crippen molar-refractivity contribution in [3.8, 4) is 22.8 Å². The lowest BCUT2D eigenvalue weighted by Crippen LogP contribution is -2.33. The smallest absolute Gasteiger partial charge is 0.350 e. The number of fused-ring (bicyclic) bond motifs is 3. The Bertz CT molecular complexity index is 1210. The minimum Gasteiger partial charge on any atom is -0.493 e. The number of halogens is 1. The molecule has 2 unspecified atom stereocenters. The Morgan fingerprint density at radius 3 is 2.12 bits per heavy atom. The summed E-state index contributed by atoms with van der Waals surface area (Å²) in [5.74, 6) is 1.99. The molecule has 0 amide bonds.